The van der Waals surface area contributed by atoms with Crippen molar-refractivity contribution in [1.29, 1.82) is 0 Å². The highest BCUT2D eigenvalue weighted by atomic mass is 79.9. The van der Waals surface area contributed by atoms with Crippen LogP contribution in [-0.4, -0.2) is 30.4 Å². The van der Waals surface area contributed by atoms with Crippen LogP contribution in [0.4, 0.5) is 0 Å². The van der Waals surface area contributed by atoms with Crippen LogP contribution in [0.1, 0.15) is 24.2 Å². The molecule has 1 aromatic rings. The van der Waals surface area contributed by atoms with Gasteiger partial charge < -0.3 is 16.4 Å². The van der Waals surface area contributed by atoms with Gasteiger partial charge >= 0.3 is 0 Å². The largest absolute Gasteiger partial charge is 0.353 e. The van der Waals surface area contributed by atoms with Gasteiger partial charge in [-0.2, -0.15) is 0 Å². The summed E-state index contributed by atoms with van der Waals surface area (Å²) in [6.07, 6.45) is 0. The van der Waals surface area contributed by atoms with Crippen LogP contribution in [0.5, 0.6) is 0 Å². The summed E-state index contributed by atoms with van der Waals surface area (Å²) < 4.78 is 0.846. The van der Waals surface area contributed by atoms with Gasteiger partial charge in [0.15, 0.2) is 0 Å². The van der Waals surface area contributed by atoms with Crippen LogP contribution in [0.25, 0.3) is 0 Å². The molecule has 0 saturated carbocycles. The highest BCUT2D eigenvalue weighted by molar-refractivity contribution is 9.10. The van der Waals surface area contributed by atoms with Crippen LogP contribution < -0.4 is 16.4 Å². The molecule has 0 unspecified atom stereocenters. The minimum Gasteiger partial charge on any atom is -0.353 e. The van der Waals surface area contributed by atoms with E-state index in [4.69, 9.17) is 5.73 Å². The minimum atomic E-state index is -0.908. The molecular formula is C13H19BrClN3O2. The molecule has 7 heteroatoms. The molecule has 0 aromatic heterocycles. The van der Waals surface area contributed by atoms with Gasteiger partial charge in [0.05, 0.1) is 5.54 Å². The molecule has 0 fully saturated rings. The van der Waals surface area contributed by atoms with Crippen molar-refractivity contribution in [3.8, 4) is 0 Å². The lowest BCUT2D eigenvalue weighted by molar-refractivity contribution is -0.125. The van der Waals surface area contributed by atoms with Gasteiger partial charge in [0.25, 0.3) is 5.91 Å². The van der Waals surface area contributed by atoms with Crippen molar-refractivity contribution in [2.75, 3.05) is 13.1 Å². The van der Waals surface area contributed by atoms with Gasteiger partial charge in [0.2, 0.25) is 5.91 Å². The first-order chi connectivity index (χ1) is 8.80. The van der Waals surface area contributed by atoms with Gasteiger partial charge in [-0.05, 0) is 32.0 Å². The summed E-state index contributed by atoms with van der Waals surface area (Å²) >= 11 is 3.30. The maximum atomic E-state index is 11.8. The lowest BCUT2D eigenvalue weighted by atomic mass is 10.1. The van der Waals surface area contributed by atoms with Gasteiger partial charge in [-0.3, -0.25) is 9.59 Å². The Morgan fingerprint density at radius 3 is 2.40 bits per heavy atom. The van der Waals surface area contributed by atoms with E-state index in [0.29, 0.717) is 18.7 Å². The second-order valence-corrected chi connectivity index (χ2v) is 5.66. The Labute approximate surface area is 133 Å². The third-order valence-corrected chi connectivity index (χ3v) is 2.86. The smallest absolute Gasteiger partial charge is 0.251 e. The zero-order valence-corrected chi connectivity index (χ0v) is 13.8. The van der Waals surface area contributed by atoms with Crippen LogP contribution >= 0.6 is 28.3 Å². The van der Waals surface area contributed by atoms with E-state index >= 15 is 0 Å². The molecule has 4 N–H and O–H groups in total. The number of nitrogens with two attached hydrogens (primary N) is 1. The van der Waals surface area contributed by atoms with E-state index in [1.165, 1.54) is 0 Å². The average molecular weight is 365 g/mol. The van der Waals surface area contributed by atoms with Crippen molar-refractivity contribution in [3.05, 3.63) is 34.3 Å². The maximum Gasteiger partial charge on any atom is 0.251 e. The van der Waals surface area contributed by atoms with Crippen LogP contribution in [0.2, 0.25) is 0 Å². The molecule has 0 aliphatic heterocycles. The SMILES string of the molecule is CC(C)(N)C(=O)NCCNC(=O)c1cccc(Br)c1.Cl. The predicted molar refractivity (Wildman–Crippen MR) is 85.0 cm³/mol. The van der Waals surface area contributed by atoms with E-state index in [-0.39, 0.29) is 24.2 Å². The number of hydrogen-bond donors (Lipinski definition) is 3. The highest BCUT2D eigenvalue weighted by Crippen LogP contribution is 2.11. The highest BCUT2D eigenvalue weighted by Gasteiger charge is 2.20. The maximum absolute atomic E-state index is 11.8. The fraction of sp³-hybridized carbons (Fsp3) is 0.385. The molecule has 112 valence electrons. The standard InChI is InChI=1S/C13H18BrN3O2.ClH/c1-13(2,15)12(19)17-7-6-16-11(18)9-4-3-5-10(14)8-9;/h3-5,8H,6-7,15H2,1-2H3,(H,16,18)(H,17,19);1H. The minimum absolute atomic E-state index is 0. The summed E-state index contributed by atoms with van der Waals surface area (Å²) in [5, 5.41) is 5.37. The molecule has 0 bridgehead atoms. The zero-order valence-electron chi connectivity index (χ0n) is 11.4. The second-order valence-electron chi connectivity index (χ2n) is 4.74. The normalized spacial score (nSPS) is 10.4. The molecule has 0 spiro atoms. The van der Waals surface area contributed by atoms with Gasteiger partial charge in [-0.25, -0.2) is 0 Å². The summed E-state index contributed by atoms with van der Waals surface area (Å²) in [7, 11) is 0. The molecule has 0 heterocycles. The number of carbonyl (C=O) groups is 2. The van der Waals surface area contributed by atoms with Crippen LogP contribution in [-0.2, 0) is 4.79 Å². The van der Waals surface area contributed by atoms with Gasteiger partial charge in [-0.1, -0.05) is 22.0 Å². The Morgan fingerprint density at radius 2 is 1.85 bits per heavy atom. The molecular weight excluding hydrogens is 346 g/mol. The molecule has 0 radical (unpaired) electrons. The Morgan fingerprint density at radius 1 is 1.25 bits per heavy atom. The van der Waals surface area contributed by atoms with Crippen LogP contribution in [0, 0.1) is 0 Å². The Balaban J connectivity index is 0.00000361. The lowest BCUT2D eigenvalue weighted by Gasteiger charge is -2.17. The van der Waals surface area contributed by atoms with Crippen molar-refractivity contribution < 1.29 is 9.59 Å². The molecule has 0 atom stereocenters. The molecule has 0 aliphatic carbocycles. The van der Waals surface area contributed by atoms with Crippen LogP contribution in [0.3, 0.4) is 0 Å². The van der Waals surface area contributed by atoms with E-state index in [2.05, 4.69) is 26.6 Å². The first-order valence-electron chi connectivity index (χ1n) is 5.91. The van der Waals surface area contributed by atoms with Gasteiger partial charge in [0, 0.05) is 23.1 Å². The molecule has 5 nitrogen and oxygen atoms in total. The van der Waals surface area contributed by atoms with E-state index in [9.17, 15) is 9.59 Å². The molecule has 0 saturated heterocycles. The fourth-order valence-electron chi connectivity index (χ4n) is 1.31. The summed E-state index contributed by atoms with van der Waals surface area (Å²) in [6, 6.07) is 7.09. The summed E-state index contributed by atoms with van der Waals surface area (Å²) in [5.41, 5.74) is 5.29. The number of hydrogen-bond acceptors (Lipinski definition) is 3. The van der Waals surface area contributed by atoms with E-state index < -0.39 is 5.54 Å². The third-order valence-electron chi connectivity index (χ3n) is 2.37. The van der Waals surface area contributed by atoms with Crippen molar-refractivity contribution in [1.82, 2.24) is 10.6 Å². The molecule has 0 aliphatic rings. The Hall–Kier alpha value is -1.11. The Bertz CT molecular complexity index is 475. The average Bonchev–Trinajstić information content (AvgIpc) is 2.32. The quantitative estimate of drug-likeness (QED) is 0.692. The van der Waals surface area contributed by atoms with E-state index in [1.807, 2.05) is 6.07 Å². The summed E-state index contributed by atoms with van der Waals surface area (Å²) in [4.78, 5) is 23.2. The monoisotopic (exact) mass is 363 g/mol. The third kappa shape index (κ3) is 6.36. The van der Waals surface area contributed by atoms with Crippen LogP contribution in [0.15, 0.2) is 28.7 Å². The molecule has 2 amide bonds. The lowest BCUT2D eigenvalue weighted by Crippen LogP contribution is -2.50. The second kappa shape index (κ2) is 8.24. The number of benzene rings is 1. The predicted octanol–water partition coefficient (Wildman–Crippen LogP) is 1.45. The first-order valence-corrected chi connectivity index (χ1v) is 6.71. The fourth-order valence-corrected chi connectivity index (χ4v) is 1.71. The molecule has 1 rings (SSSR count). The first kappa shape index (κ1) is 18.9. The number of amides is 2. The van der Waals surface area contributed by atoms with Crippen molar-refractivity contribution in [3.63, 3.8) is 0 Å². The van der Waals surface area contributed by atoms with Crippen molar-refractivity contribution >= 4 is 40.2 Å². The number of halogens is 2. The van der Waals surface area contributed by atoms with Crippen molar-refractivity contribution in [2.24, 2.45) is 5.73 Å². The number of nitrogens with one attached hydrogen (secondary N) is 2. The van der Waals surface area contributed by atoms with Crippen molar-refractivity contribution in [2.45, 2.75) is 19.4 Å². The molecule has 20 heavy (non-hydrogen) atoms. The summed E-state index contributed by atoms with van der Waals surface area (Å²) in [6.45, 7) is 3.96. The number of rotatable bonds is 5. The zero-order chi connectivity index (χ0) is 14.5. The van der Waals surface area contributed by atoms with Gasteiger partial charge in [-0.15, -0.1) is 12.4 Å². The van der Waals surface area contributed by atoms with E-state index in [1.54, 1.807) is 32.0 Å². The number of carbonyl (C=O) groups excluding carboxylic acids is 2. The Kier molecular flexibility index (Phi) is 7.78. The summed E-state index contributed by atoms with van der Waals surface area (Å²) in [5.74, 6) is -0.424. The van der Waals surface area contributed by atoms with Gasteiger partial charge in [0.1, 0.15) is 0 Å². The van der Waals surface area contributed by atoms with E-state index in [0.717, 1.165) is 4.47 Å². The molecule has 1 aromatic carbocycles. The topological polar surface area (TPSA) is 84.2 Å².